The Balaban J connectivity index is 2.21. The first-order valence-electron chi connectivity index (χ1n) is 5.99. The minimum absolute atomic E-state index is 0.186. The first-order chi connectivity index (χ1) is 9.45. The predicted molar refractivity (Wildman–Crippen MR) is 79.9 cm³/mol. The zero-order valence-corrected chi connectivity index (χ0v) is 12.4. The first kappa shape index (κ1) is 14.5. The average Bonchev–Trinajstić information content (AvgIpc) is 2.36. The third kappa shape index (κ3) is 3.57. The Hall–Kier alpha value is -1.88. The predicted octanol–water partition coefficient (Wildman–Crippen LogP) is 4.27. The van der Waals surface area contributed by atoms with Gasteiger partial charge in [0, 0.05) is 10.2 Å². The monoisotopic (exact) mass is 337 g/mol. The maximum atomic E-state index is 13.9. The van der Waals surface area contributed by atoms with E-state index in [-0.39, 0.29) is 6.42 Å². The molecule has 0 aromatic heterocycles. The van der Waals surface area contributed by atoms with Crippen molar-refractivity contribution in [2.24, 2.45) is 0 Å². The van der Waals surface area contributed by atoms with Crippen LogP contribution in [-0.2, 0) is 11.2 Å². The lowest BCUT2D eigenvalue weighted by Gasteiger charge is -2.10. The maximum Gasteiger partial charge on any atom is 0.307 e. The molecule has 0 amide bonds. The van der Waals surface area contributed by atoms with Crippen LogP contribution in [0.1, 0.15) is 11.1 Å². The van der Waals surface area contributed by atoms with Crippen LogP contribution in [0.3, 0.4) is 0 Å². The van der Waals surface area contributed by atoms with Crippen molar-refractivity contribution in [2.45, 2.75) is 13.3 Å². The van der Waals surface area contributed by atoms with E-state index in [1.807, 2.05) is 25.1 Å². The summed E-state index contributed by atoms with van der Waals surface area (Å²) >= 11 is 3.40. The Kier molecular flexibility index (Phi) is 4.39. The van der Waals surface area contributed by atoms with Crippen molar-refractivity contribution in [3.63, 3.8) is 0 Å². The number of hydrogen-bond acceptors (Lipinski definition) is 2. The number of benzene rings is 2. The first-order valence-corrected chi connectivity index (χ1v) is 6.78. The van der Waals surface area contributed by atoms with Crippen molar-refractivity contribution in [3.8, 4) is 0 Å². The summed E-state index contributed by atoms with van der Waals surface area (Å²) in [5.41, 5.74) is 2.57. The van der Waals surface area contributed by atoms with Crippen LogP contribution in [0.5, 0.6) is 0 Å². The SMILES string of the molecule is Cc1cc(Nc2ccc(CC(=O)O)cc2F)ccc1Br. The highest BCUT2D eigenvalue weighted by Crippen LogP contribution is 2.25. The number of aryl methyl sites for hydroxylation is 1. The van der Waals surface area contributed by atoms with E-state index < -0.39 is 11.8 Å². The molecule has 0 aliphatic heterocycles. The Labute approximate surface area is 124 Å². The Bertz CT molecular complexity index is 658. The molecule has 0 fully saturated rings. The highest BCUT2D eigenvalue weighted by Gasteiger charge is 2.07. The normalized spacial score (nSPS) is 10.3. The molecule has 2 N–H and O–H groups in total. The van der Waals surface area contributed by atoms with E-state index in [0.717, 1.165) is 15.7 Å². The number of hydrogen-bond donors (Lipinski definition) is 2. The molecular weight excluding hydrogens is 325 g/mol. The topological polar surface area (TPSA) is 49.3 Å². The van der Waals surface area contributed by atoms with E-state index in [1.165, 1.54) is 6.07 Å². The fourth-order valence-corrected chi connectivity index (χ4v) is 2.07. The van der Waals surface area contributed by atoms with Crippen molar-refractivity contribution in [1.82, 2.24) is 0 Å². The van der Waals surface area contributed by atoms with E-state index in [2.05, 4.69) is 21.2 Å². The summed E-state index contributed by atoms with van der Waals surface area (Å²) in [5, 5.41) is 11.7. The van der Waals surface area contributed by atoms with Gasteiger partial charge in [0.05, 0.1) is 12.1 Å². The zero-order chi connectivity index (χ0) is 14.7. The molecule has 0 radical (unpaired) electrons. The van der Waals surface area contributed by atoms with Crippen molar-refractivity contribution >= 4 is 33.3 Å². The number of halogens is 2. The van der Waals surface area contributed by atoms with E-state index in [1.54, 1.807) is 12.1 Å². The molecule has 0 aliphatic rings. The van der Waals surface area contributed by atoms with Gasteiger partial charge in [-0.25, -0.2) is 4.39 Å². The van der Waals surface area contributed by atoms with Crippen LogP contribution in [-0.4, -0.2) is 11.1 Å². The van der Waals surface area contributed by atoms with Crippen LogP contribution in [0.2, 0.25) is 0 Å². The lowest BCUT2D eigenvalue weighted by Crippen LogP contribution is -2.01. The highest BCUT2D eigenvalue weighted by molar-refractivity contribution is 9.10. The second-order valence-electron chi connectivity index (χ2n) is 4.47. The van der Waals surface area contributed by atoms with Gasteiger partial charge in [-0.15, -0.1) is 0 Å². The second kappa shape index (κ2) is 6.05. The van der Waals surface area contributed by atoms with Gasteiger partial charge in [-0.3, -0.25) is 4.79 Å². The quantitative estimate of drug-likeness (QED) is 0.875. The van der Waals surface area contributed by atoms with Crippen molar-refractivity contribution in [2.75, 3.05) is 5.32 Å². The molecule has 0 bridgehead atoms. The van der Waals surface area contributed by atoms with Crippen LogP contribution < -0.4 is 5.32 Å². The third-order valence-corrected chi connectivity index (χ3v) is 3.72. The lowest BCUT2D eigenvalue weighted by molar-refractivity contribution is -0.136. The largest absolute Gasteiger partial charge is 0.481 e. The minimum atomic E-state index is -0.978. The van der Waals surface area contributed by atoms with Gasteiger partial charge in [-0.1, -0.05) is 22.0 Å². The lowest BCUT2D eigenvalue weighted by atomic mass is 10.1. The number of carboxylic acids is 1. The summed E-state index contributed by atoms with van der Waals surface area (Å²) in [4.78, 5) is 10.6. The van der Waals surface area contributed by atoms with E-state index in [9.17, 15) is 9.18 Å². The maximum absolute atomic E-state index is 13.9. The van der Waals surface area contributed by atoms with Crippen molar-refractivity contribution in [1.29, 1.82) is 0 Å². The molecule has 0 saturated heterocycles. The molecule has 0 heterocycles. The molecule has 104 valence electrons. The Morgan fingerprint density at radius 2 is 2.05 bits per heavy atom. The van der Waals surface area contributed by atoms with Crippen LogP contribution in [0.4, 0.5) is 15.8 Å². The molecule has 0 saturated carbocycles. The molecule has 2 aromatic carbocycles. The van der Waals surface area contributed by atoms with E-state index in [4.69, 9.17) is 5.11 Å². The number of aliphatic carboxylic acids is 1. The van der Waals surface area contributed by atoms with Gasteiger partial charge in [-0.2, -0.15) is 0 Å². The van der Waals surface area contributed by atoms with Crippen molar-refractivity contribution < 1.29 is 14.3 Å². The Morgan fingerprint density at radius 3 is 2.65 bits per heavy atom. The number of nitrogens with one attached hydrogen (secondary N) is 1. The molecule has 5 heteroatoms. The van der Waals surface area contributed by atoms with Gasteiger partial charge in [0.2, 0.25) is 0 Å². The van der Waals surface area contributed by atoms with Crippen molar-refractivity contribution in [3.05, 3.63) is 57.8 Å². The summed E-state index contributed by atoms with van der Waals surface area (Å²) < 4.78 is 14.9. The molecule has 20 heavy (non-hydrogen) atoms. The van der Waals surface area contributed by atoms with E-state index in [0.29, 0.717) is 11.3 Å². The molecule has 0 atom stereocenters. The Morgan fingerprint density at radius 1 is 1.30 bits per heavy atom. The zero-order valence-electron chi connectivity index (χ0n) is 10.8. The number of anilines is 2. The van der Waals surface area contributed by atoms with Gasteiger partial charge >= 0.3 is 5.97 Å². The number of rotatable bonds is 4. The smallest absolute Gasteiger partial charge is 0.307 e. The highest BCUT2D eigenvalue weighted by atomic mass is 79.9. The molecule has 0 spiro atoms. The average molecular weight is 338 g/mol. The summed E-state index contributed by atoms with van der Waals surface area (Å²) in [7, 11) is 0. The fraction of sp³-hybridized carbons (Fsp3) is 0.133. The minimum Gasteiger partial charge on any atom is -0.481 e. The molecule has 2 aromatic rings. The summed E-state index contributed by atoms with van der Waals surface area (Å²) in [6.07, 6.45) is -0.186. The van der Waals surface area contributed by atoms with Gasteiger partial charge in [0.1, 0.15) is 5.82 Å². The molecule has 0 aliphatic carbocycles. The second-order valence-corrected chi connectivity index (χ2v) is 5.33. The molecular formula is C15H13BrFNO2. The standard InChI is InChI=1S/C15H13BrFNO2/c1-9-6-11(3-4-12(9)16)18-14-5-2-10(7-13(14)17)8-15(19)20/h2-7,18H,8H2,1H3,(H,19,20). The van der Waals surface area contributed by atoms with Crippen LogP contribution in [0.25, 0.3) is 0 Å². The van der Waals surface area contributed by atoms with E-state index >= 15 is 0 Å². The summed E-state index contributed by atoms with van der Waals surface area (Å²) in [6.45, 7) is 1.95. The third-order valence-electron chi connectivity index (χ3n) is 2.83. The number of carbonyl (C=O) groups is 1. The fourth-order valence-electron chi connectivity index (χ4n) is 1.82. The molecule has 0 unspecified atom stereocenters. The van der Waals surface area contributed by atoms with Gasteiger partial charge in [0.15, 0.2) is 0 Å². The van der Waals surface area contributed by atoms with Crippen LogP contribution >= 0.6 is 15.9 Å². The number of carboxylic acid groups (broad SMARTS) is 1. The van der Waals surface area contributed by atoms with Crippen LogP contribution in [0, 0.1) is 12.7 Å². The molecule has 3 nitrogen and oxygen atoms in total. The summed E-state index contributed by atoms with van der Waals surface area (Å²) in [5.74, 6) is -1.45. The summed E-state index contributed by atoms with van der Waals surface area (Å²) in [6, 6.07) is 10.0. The van der Waals surface area contributed by atoms with Crippen LogP contribution in [0.15, 0.2) is 40.9 Å². The van der Waals surface area contributed by atoms with Gasteiger partial charge < -0.3 is 10.4 Å². The van der Waals surface area contributed by atoms with Gasteiger partial charge in [0.25, 0.3) is 0 Å². The molecule has 2 rings (SSSR count). The van der Waals surface area contributed by atoms with Gasteiger partial charge in [-0.05, 0) is 48.4 Å².